The van der Waals surface area contributed by atoms with Gasteiger partial charge in [0.2, 0.25) is 0 Å². The van der Waals surface area contributed by atoms with E-state index >= 15 is 0 Å². The molecule has 0 spiro atoms. The summed E-state index contributed by atoms with van der Waals surface area (Å²) >= 11 is 6.79. The van der Waals surface area contributed by atoms with E-state index in [9.17, 15) is 0 Å². The van der Waals surface area contributed by atoms with E-state index < -0.39 is 0 Å². The lowest BCUT2D eigenvalue weighted by atomic mass is 10.1. The maximum atomic E-state index is 5.58. The molecule has 0 saturated carbocycles. The van der Waals surface area contributed by atoms with Crippen LogP contribution in [0.15, 0.2) is 19.6 Å². The molecule has 1 aliphatic rings. The van der Waals surface area contributed by atoms with Gasteiger partial charge in [-0.2, -0.15) is 0 Å². The normalized spacial score (nSPS) is 21.8. The van der Waals surface area contributed by atoms with Crippen LogP contribution in [0.1, 0.15) is 12.2 Å². The highest BCUT2D eigenvalue weighted by atomic mass is 79.9. The number of halogens is 2. The Labute approximate surface area is 113 Å². The summed E-state index contributed by atoms with van der Waals surface area (Å²) in [6.45, 7) is 4.35. The van der Waals surface area contributed by atoms with Crippen LogP contribution < -0.4 is 5.32 Å². The maximum Gasteiger partial charge on any atom is 0.183 e. The maximum absolute atomic E-state index is 5.58. The van der Waals surface area contributed by atoms with Crippen molar-refractivity contribution in [2.75, 3.05) is 26.7 Å². The Morgan fingerprint density at radius 2 is 2.38 bits per heavy atom. The number of rotatable bonds is 4. The smallest absolute Gasteiger partial charge is 0.183 e. The van der Waals surface area contributed by atoms with Crippen LogP contribution in [-0.2, 0) is 6.54 Å². The van der Waals surface area contributed by atoms with Crippen molar-refractivity contribution in [1.82, 2.24) is 10.2 Å². The van der Waals surface area contributed by atoms with Gasteiger partial charge in [-0.1, -0.05) is 0 Å². The van der Waals surface area contributed by atoms with E-state index in [1.165, 1.54) is 13.0 Å². The molecule has 16 heavy (non-hydrogen) atoms. The Balaban J connectivity index is 1.87. The summed E-state index contributed by atoms with van der Waals surface area (Å²) in [5, 5.41) is 3.24. The van der Waals surface area contributed by atoms with Crippen molar-refractivity contribution in [2.24, 2.45) is 5.92 Å². The molecule has 5 heteroatoms. The van der Waals surface area contributed by atoms with Crippen molar-refractivity contribution >= 4 is 31.9 Å². The van der Waals surface area contributed by atoms with Gasteiger partial charge in [-0.15, -0.1) is 0 Å². The number of furan rings is 1. The van der Waals surface area contributed by atoms with Gasteiger partial charge in [-0.05, 0) is 70.4 Å². The Bertz CT molecular complexity index is 334. The summed E-state index contributed by atoms with van der Waals surface area (Å²) in [5.41, 5.74) is 0. The Morgan fingerprint density at radius 1 is 1.56 bits per heavy atom. The summed E-state index contributed by atoms with van der Waals surface area (Å²) in [6.07, 6.45) is 1.28. The molecule has 1 aliphatic heterocycles. The van der Waals surface area contributed by atoms with Crippen molar-refractivity contribution in [1.29, 1.82) is 0 Å². The molecule has 0 aromatic carbocycles. The monoisotopic (exact) mass is 350 g/mol. The summed E-state index contributed by atoms with van der Waals surface area (Å²) in [5.74, 6) is 1.80. The molecule has 3 nitrogen and oxygen atoms in total. The van der Waals surface area contributed by atoms with Gasteiger partial charge in [0.25, 0.3) is 0 Å². The molecule has 0 radical (unpaired) electrons. The van der Waals surface area contributed by atoms with E-state index in [0.29, 0.717) is 0 Å². The lowest BCUT2D eigenvalue weighted by molar-refractivity contribution is 0.283. The van der Waals surface area contributed by atoms with Gasteiger partial charge in [0.15, 0.2) is 4.67 Å². The van der Waals surface area contributed by atoms with Crippen molar-refractivity contribution < 1.29 is 4.42 Å². The lowest BCUT2D eigenvalue weighted by Gasteiger charge is -2.14. The number of likely N-dealkylation sites (tertiary alicyclic amines) is 1. The topological polar surface area (TPSA) is 28.4 Å². The van der Waals surface area contributed by atoms with Crippen LogP contribution in [-0.4, -0.2) is 31.6 Å². The molecular formula is C11H16Br2N2O. The number of nitrogens with one attached hydrogen (secondary N) is 1. The fourth-order valence-electron chi connectivity index (χ4n) is 2.20. The van der Waals surface area contributed by atoms with Crippen LogP contribution in [0, 0.1) is 5.92 Å². The van der Waals surface area contributed by atoms with Crippen LogP contribution in [0.3, 0.4) is 0 Å². The van der Waals surface area contributed by atoms with Crippen LogP contribution in [0.2, 0.25) is 0 Å². The first-order valence-corrected chi connectivity index (χ1v) is 7.08. The molecule has 1 aromatic heterocycles. The molecule has 1 unspecified atom stereocenters. The molecule has 2 heterocycles. The molecule has 90 valence electrons. The van der Waals surface area contributed by atoms with Gasteiger partial charge in [0.05, 0.1) is 11.0 Å². The van der Waals surface area contributed by atoms with E-state index in [-0.39, 0.29) is 0 Å². The number of hydrogen-bond donors (Lipinski definition) is 1. The molecular weight excluding hydrogens is 336 g/mol. The highest BCUT2D eigenvalue weighted by Gasteiger charge is 2.22. The van der Waals surface area contributed by atoms with E-state index in [2.05, 4.69) is 42.1 Å². The zero-order chi connectivity index (χ0) is 11.5. The van der Waals surface area contributed by atoms with Gasteiger partial charge in [0, 0.05) is 6.54 Å². The molecule has 1 N–H and O–H groups in total. The predicted octanol–water partition coefficient (Wildman–Crippen LogP) is 2.85. The Hall–Kier alpha value is 0.160. The SMILES string of the molecule is CNCC1CCN(Cc2cc(Br)c(Br)o2)C1. The molecule has 0 aliphatic carbocycles. The first-order valence-electron chi connectivity index (χ1n) is 5.49. The lowest BCUT2D eigenvalue weighted by Crippen LogP contribution is -2.24. The summed E-state index contributed by atoms with van der Waals surface area (Å²) < 4.78 is 7.36. The molecule has 0 bridgehead atoms. The second-order valence-corrected chi connectivity index (χ2v) is 5.86. The minimum atomic E-state index is 0.784. The second-order valence-electron chi connectivity index (χ2n) is 4.28. The van der Waals surface area contributed by atoms with Gasteiger partial charge >= 0.3 is 0 Å². The van der Waals surface area contributed by atoms with E-state index in [0.717, 1.165) is 40.5 Å². The van der Waals surface area contributed by atoms with E-state index in [1.807, 2.05) is 13.1 Å². The van der Waals surface area contributed by atoms with Crippen LogP contribution in [0.25, 0.3) is 0 Å². The third-order valence-electron chi connectivity index (χ3n) is 2.94. The van der Waals surface area contributed by atoms with Crippen LogP contribution in [0.4, 0.5) is 0 Å². The number of hydrogen-bond acceptors (Lipinski definition) is 3. The fourth-order valence-corrected chi connectivity index (χ4v) is 2.86. The first kappa shape index (κ1) is 12.6. The molecule has 1 saturated heterocycles. The molecule has 2 rings (SSSR count). The highest BCUT2D eigenvalue weighted by molar-refractivity contribution is 9.13. The minimum Gasteiger partial charge on any atom is -0.452 e. The average molecular weight is 352 g/mol. The van der Waals surface area contributed by atoms with Gasteiger partial charge < -0.3 is 9.73 Å². The summed E-state index contributed by atoms with van der Waals surface area (Å²) in [7, 11) is 2.02. The van der Waals surface area contributed by atoms with Crippen molar-refractivity contribution in [3.63, 3.8) is 0 Å². The first-order chi connectivity index (χ1) is 7.69. The average Bonchev–Trinajstić information content (AvgIpc) is 2.77. The van der Waals surface area contributed by atoms with Gasteiger partial charge in [-0.25, -0.2) is 0 Å². The third-order valence-corrected chi connectivity index (χ3v) is 4.65. The van der Waals surface area contributed by atoms with Crippen molar-refractivity contribution in [2.45, 2.75) is 13.0 Å². The molecule has 1 aromatic rings. The predicted molar refractivity (Wildman–Crippen MR) is 71.4 cm³/mol. The Kier molecular flexibility index (Phi) is 4.47. The van der Waals surface area contributed by atoms with E-state index in [4.69, 9.17) is 4.42 Å². The van der Waals surface area contributed by atoms with E-state index in [1.54, 1.807) is 0 Å². The standard InChI is InChI=1S/C11H16Br2N2O/c1-14-5-8-2-3-15(6-8)7-9-4-10(12)11(13)16-9/h4,8,14H,2-3,5-7H2,1H3. The fraction of sp³-hybridized carbons (Fsp3) is 0.636. The van der Waals surface area contributed by atoms with Crippen molar-refractivity contribution in [3.8, 4) is 0 Å². The molecule has 1 fully saturated rings. The minimum absolute atomic E-state index is 0.784. The highest BCUT2D eigenvalue weighted by Crippen LogP contribution is 2.28. The third kappa shape index (κ3) is 3.09. The zero-order valence-corrected chi connectivity index (χ0v) is 12.5. The zero-order valence-electron chi connectivity index (χ0n) is 9.30. The Morgan fingerprint density at radius 3 is 3.00 bits per heavy atom. The van der Waals surface area contributed by atoms with Gasteiger partial charge in [-0.3, -0.25) is 4.90 Å². The quantitative estimate of drug-likeness (QED) is 0.904. The molecule has 1 atom stereocenters. The van der Waals surface area contributed by atoms with Gasteiger partial charge in [0.1, 0.15) is 5.76 Å². The van der Waals surface area contributed by atoms with Crippen LogP contribution >= 0.6 is 31.9 Å². The van der Waals surface area contributed by atoms with Crippen molar-refractivity contribution in [3.05, 3.63) is 21.0 Å². The van der Waals surface area contributed by atoms with Crippen LogP contribution in [0.5, 0.6) is 0 Å². The molecule has 0 amide bonds. The second kappa shape index (κ2) is 5.67. The largest absolute Gasteiger partial charge is 0.452 e. The summed E-state index contributed by atoms with van der Waals surface area (Å²) in [6, 6.07) is 2.04. The summed E-state index contributed by atoms with van der Waals surface area (Å²) in [4.78, 5) is 2.44. The number of nitrogens with zero attached hydrogens (tertiary/aromatic N) is 1.